The minimum atomic E-state index is -3.09. The third-order valence-corrected chi connectivity index (χ3v) is 2.61. The molecule has 0 heterocycles. The average Bonchev–Trinajstić information content (AvgIpc) is 2.31. The smallest absolute Gasteiger partial charge is 0.387 e. The maximum Gasteiger partial charge on any atom is 0.387 e. The second kappa shape index (κ2) is 6.61. The number of alkyl halides is 2. The maximum atomic E-state index is 13.1. The van der Waals surface area contributed by atoms with Crippen LogP contribution in [0.25, 0.3) is 0 Å². The largest absolute Gasteiger partial charge is 0.432 e. The summed E-state index contributed by atoms with van der Waals surface area (Å²) in [5.41, 5.74) is 0.548. The minimum absolute atomic E-state index is 0.278. The van der Waals surface area contributed by atoms with E-state index in [1.165, 1.54) is 12.1 Å². The number of rotatable bonds is 6. The third kappa shape index (κ3) is 4.19. The standard InChI is InChI=1S/C12H15F3O3/c1-7(10(17)6-16)4-8-2-3-9(13)11(5-8)18-12(14)15/h2-3,5,7,10,12,16-17H,4,6H2,1H3/t7-,10+/m0/s1. The number of ether oxygens (including phenoxy) is 1. The van der Waals surface area contributed by atoms with Gasteiger partial charge in [-0.3, -0.25) is 0 Å². The fraction of sp³-hybridized carbons (Fsp3) is 0.500. The van der Waals surface area contributed by atoms with Gasteiger partial charge in [-0.15, -0.1) is 0 Å². The van der Waals surface area contributed by atoms with Gasteiger partial charge in [-0.2, -0.15) is 8.78 Å². The van der Waals surface area contributed by atoms with Crippen molar-refractivity contribution in [3.05, 3.63) is 29.6 Å². The SMILES string of the molecule is C[C@@H](Cc1ccc(F)c(OC(F)F)c1)[C@H](O)CO. The minimum Gasteiger partial charge on any atom is -0.432 e. The van der Waals surface area contributed by atoms with E-state index in [0.29, 0.717) is 12.0 Å². The van der Waals surface area contributed by atoms with Gasteiger partial charge < -0.3 is 14.9 Å². The third-order valence-electron chi connectivity index (χ3n) is 2.61. The zero-order valence-electron chi connectivity index (χ0n) is 9.81. The summed E-state index contributed by atoms with van der Waals surface area (Å²) in [6.45, 7) is -1.78. The van der Waals surface area contributed by atoms with E-state index in [2.05, 4.69) is 4.74 Å². The molecule has 0 radical (unpaired) electrons. The van der Waals surface area contributed by atoms with Crippen LogP contribution in [-0.4, -0.2) is 29.5 Å². The number of benzene rings is 1. The lowest BCUT2D eigenvalue weighted by Gasteiger charge is -2.17. The summed E-state index contributed by atoms with van der Waals surface area (Å²) in [4.78, 5) is 0. The van der Waals surface area contributed by atoms with Crippen molar-refractivity contribution >= 4 is 0 Å². The number of hydrogen-bond donors (Lipinski definition) is 2. The first-order valence-corrected chi connectivity index (χ1v) is 5.46. The van der Waals surface area contributed by atoms with E-state index < -0.39 is 24.3 Å². The molecular weight excluding hydrogens is 249 g/mol. The van der Waals surface area contributed by atoms with Crippen LogP contribution < -0.4 is 4.74 Å². The molecule has 1 aromatic carbocycles. The van der Waals surface area contributed by atoms with Crippen LogP contribution in [0.1, 0.15) is 12.5 Å². The molecule has 0 amide bonds. The van der Waals surface area contributed by atoms with Crippen molar-refractivity contribution in [1.82, 2.24) is 0 Å². The van der Waals surface area contributed by atoms with Gasteiger partial charge in [0.2, 0.25) is 0 Å². The first kappa shape index (κ1) is 14.8. The second-order valence-electron chi connectivity index (χ2n) is 4.07. The Bertz CT molecular complexity index is 385. The summed E-state index contributed by atoms with van der Waals surface area (Å²) in [5, 5.41) is 18.1. The van der Waals surface area contributed by atoms with Crippen molar-refractivity contribution in [2.45, 2.75) is 26.1 Å². The van der Waals surface area contributed by atoms with E-state index >= 15 is 0 Å². The highest BCUT2D eigenvalue weighted by Crippen LogP contribution is 2.23. The topological polar surface area (TPSA) is 49.7 Å². The lowest BCUT2D eigenvalue weighted by Crippen LogP contribution is -2.23. The van der Waals surface area contributed by atoms with E-state index in [9.17, 15) is 18.3 Å². The van der Waals surface area contributed by atoms with Crippen molar-refractivity contribution in [1.29, 1.82) is 0 Å². The van der Waals surface area contributed by atoms with Gasteiger partial charge in [0.1, 0.15) is 0 Å². The Morgan fingerprint density at radius 3 is 2.56 bits per heavy atom. The zero-order chi connectivity index (χ0) is 13.7. The Morgan fingerprint density at radius 2 is 2.00 bits per heavy atom. The van der Waals surface area contributed by atoms with Crippen LogP contribution >= 0.6 is 0 Å². The van der Waals surface area contributed by atoms with E-state index in [0.717, 1.165) is 6.07 Å². The highest BCUT2D eigenvalue weighted by Gasteiger charge is 2.16. The average molecular weight is 264 g/mol. The highest BCUT2D eigenvalue weighted by atomic mass is 19.3. The van der Waals surface area contributed by atoms with E-state index in [4.69, 9.17) is 5.11 Å². The molecule has 1 aromatic rings. The van der Waals surface area contributed by atoms with Crippen molar-refractivity contribution in [2.24, 2.45) is 5.92 Å². The fourth-order valence-electron chi connectivity index (χ4n) is 1.55. The summed E-state index contributed by atoms with van der Waals surface area (Å²) in [6, 6.07) is 3.63. The van der Waals surface area contributed by atoms with Crippen LogP contribution in [-0.2, 0) is 6.42 Å². The lowest BCUT2D eigenvalue weighted by molar-refractivity contribution is -0.0522. The molecule has 0 aliphatic heterocycles. The molecule has 3 nitrogen and oxygen atoms in total. The summed E-state index contributed by atoms with van der Waals surface area (Å²) >= 11 is 0. The van der Waals surface area contributed by atoms with Gasteiger partial charge in [0.05, 0.1) is 12.7 Å². The Morgan fingerprint density at radius 1 is 1.33 bits per heavy atom. The first-order valence-electron chi connectivity index (χ1n) is 5.46. The van der Waals surface area contributed by atoms with Crippen LogP contribution in [0.15, 0.2) is 18.2 Å². The normalized spacial score (nSPS) is 14.6. The van der Waals surface area contributed by atoms with Gasteiger partial charge in [-0.1, -0.05) is 13.0 Å². The molecule has 2 N–H and O–H groups in total. The molecule has 6 heteroatoms. The molecule has 0 aliphatic rings. The molecule has 0 unspecified atom stereocenters. The molecule has 0 fully saturated rings. The molecule has 0 bridgehead atoms. The molecule has 0 saturated heterocycles. The molecule has 102 valence electrons. The number of aliphatic hydroxyl groups is 2. The molecule has 0 saturated carbocycles. The predicted octanol–water partition coefficient (Wildman–Crippen LogP) is 1.96. The van der Waals surface area contributed by atoms with Gasteiger partial charge in [0.25, 0.3) is 0 Å². The Labute approximate surface area is 103 Å². The monoisotopic (exact) mass is 264 g/mol. The van der Waals surface area contributed by atoms with Gasteiger partial charge in [-0.05, 0) is 30.0 Å². The van der Waals surface area contributed by atoms with Crippen molar-refractivity contribution < 1.29 is 28.1 Å². The number of aliphatic hydroxyl groups excluding tert-OH is 2. The van der Waals surface area contributed by atoms with E-state index in [-0.39, 0.29) is 12.5 Å². The Balaban J connectivity index is 2.78. The van der Waals surface area contributed by atoms with Crippen LogP contribution in [0.2, 0.25) is 0 Å². The van der Waals surface area contributed by atoms with Crippen LogP contribution in [0.3, 0.4) is 0 Å². The molecular formula is C12H15F3O3. The van der Waals surface area contributed by atoms with Crippen molar-refractivity contribution in [2.75, 3.05) is 6.61 Å². The molecule has 1 rings (SSSR count). The van der Waals surface area contributed by atoms with Crippen molar-refractivity contribution in [3.63, 3.8) is 0 Å². The van der Waals surface area contributed by atoms with Crippen LogP contribution in [0.5, 0.6) is 5.75 Å². The van der Waals surface area contributed by atoms with Gasteiger partial charge in [0.15, 0.2) is 11.6 Å². The quantitative estimate of drug-likeness (QED) is 0.825. The molecule has 18 heavy (non-hydrogen) atoms. The van der Waals surface area contributed by atoms with Gasteiger partial charge in [-0.25, -0.2) is 4.39 Å². The van der Waals surface area contributed by atoms with Gasteiger partial charge in [0, 0.05) is 0 Å². The number of halogens is 3. The summed E-state index contributed by atoms with van der Waals surface area (Å²) in [7, 11) is 0. The molecule has 0 spiro atoms. The predicted molar refractivity (Wildman–Crippen MR) is 59.0 cm³/mol. The Hall–Kier alpha value is -1.27. The van der Waals surface area contributed by atoms with Gasteiger partial charge >= 0.3 is 6.61 Å². The zero-order valence-corrected chi connectivity index (χ0v) is 9.81. The maximum absolute atomic E-state index is 13.1. The highest BCUT2D eigenvalue weighted by molar-refractivity contribution is 5.30. The van der Waals surface area contributed by atoms with E-state index in [1.54, 1.807) is 6.92 Å². The van der Waals surface area contributed by atoms with Crippen molar-refractivity contribution in [3.8, 4) is 5.75 Å². The number of hydrogen-bond acceptors (Lipinski definition) is 3. The Kier molecular flexibility index (Phi) is 5.43. The molecule has 0 aliphatic carbocycles. The summed E-state index contributed by atoms with van der Waals surface area (Å²) < 4.78 is 41.2. The second-order valence-corrected chi connectivity index (χ2v) is 4.07. The summed E-state index contributed by atoms with van der Waals surface area (Å²) in [6.07, 6.45) is -0.587. The van der Waals surface area contributed by atoms with E-state index in [1.807, 2.05) is 0 Å². The summed E-state index contributed by atoms with van der Waals surface area (Å²) in [5.74, 6) is -1.66. The molecule has 2 atom stereocenters. The fourth-order valence-corrected chi connectivity index (χ4v) is 1.55. The lowest BCUT2D eigenvalue weighted by atomic mass is 9.96. The molecule has 0 aromatic heterocycles. The first-order chi connectivity index (χ1) is 8.43. The van der Waals surface area contributed by atoms with Crippen LogP contribution in [0.4, 0.5) is 13.2 Å². The van der Waals surface area contributed by atoms with Crippen LogP contribution in [0, 0.1) is 11.7 Å².